The van der Waals surface area contributed by atoms with Crippen molar-refractivity contribution in [2.45, 2.75) is 13.3 Å². The zero-order valence-electron chi connectivity index (χ0n) is 18.4. The van der Waals surface area contributed by atoms with Crippen molar-refractivity contribution in [2.75, 3.05) is 13.2 Å². The van der Waals surface area contributed by atoms with Crippen LogP contribution in [0.25, 0.3) is 21.9 Å². The van der Waals surface area contributed by atoms with E-state index in [1.54, 1.807) is 12.1 Å². The van der Waals surface area contributed by atoms with Crippen LogP contribution in [0.4, 0.5) is 0 Å². The highest BCUT2D eigenvalue weighted by atomic mass is 16.5. The first-order chi connectivity index (χ1) is 16.2. The molecule has 0 spiro atoms. The van der Waals surface area contributed by atoms with Crippen molar-refractivity contribution >= 4 is 27.9 Å². The Kier molecular flexibility index (Phi) is 5.57. The number of esters is 1. The van der Waals surface area contributed by atoms with Crippen LogP contribution in [0.3, 0.4) is 0 Å². The monoisotopic (exact) mass is 436 g/mol. The standard InChI is InChI=1S/C29H24O4/c1-2-15-32-29(31)23-17-22-21(16-25(23)30)13-14-26-28(22)27(20-11-7-4-8-12-20)24(18-33-26)19-9-5-3-6-10-19/h3-14,16-17,30H,2,15,18H2,1H3. The fraction of sp³-hybridized carbons (Fsp3) is 0.138. The van der Waals surface area contributed by atoms with Crippen molar-refractivity contribution in [3.05, 3.63) is 107 Å². The van der Waals surface area contributed by atoms with Gasteiger partial charge in [0.25, 0.3) is 0 Å². The molecule has 0 aromatic heterocycles. The van der Waals surface area contributed by atoms with Crippen LogP contribution in [0.2, 0.25) is 0 Å². The molecule has 4 nitrogen and oxygen atoms in total. The average Bonchev–Trinajstić information content (AvgIpc) is 2.87. The number of hydrogen-bond donors (Lipinski definition) is 1. The second-order valence-corrected chi connectivity index (χ2v) is 8.04. The van der Waals surface area contributed by atoms with Gasteiger partial charge >= 0.3 is 5.97 Å². The van der Waals surface area contributed by atoms with Crippen molar-refractivity contribution < 1.29 is 19.4 Å². The molecule has 4 heteroatoms. The first-order valence-corrected chi connectivity index (χ1v) is 11.1. The van der Waals surface area contributed by atoms with Gasteiger partial charge in [0.15, 0.2) is 0 Å². The fourth-order valence-corrected chi connectivity index (χ4v) is 4.32. The normalized spacial score (nSPS) is 12.9. The summed E-state index contributed by atoms with van der Waals surface area (Å²) < 4.78 is 11.5. The maximum atomic E-state index is 12.6. The molecule has 0 unspecified atom stereocenters. The van der Waals surface area contributed by atoms with Crippen LogP contribution in [-0.4, -0.2) is 24.3 Å². The molecular formula is C29H24O4. The van der Waals surface area contributed by atoms with Gasteiger partial charge in [-0.1, -0.05) is 73.7 Å². The summed E-state index contributed by atoms with van der Waals surface area (Å²) in [6.45, 7) is 2.68. The topological polar surface area (TPSA) is 55.8 Å². The van der Waals surface area contributed by atoms with E-state index in [-0.39, 0.29) is 11.3 Å². The third-order valence-corrected chi connectivity index (χ3v) is 5.86. The summed E-state index contributed by atoms with van der Waals surface area (Å²) in [6, 6.07) is 27.6. The largest absolute Gasteiger partial charge is 0.507 e. The average molecular weight is 437 g/mol. The molecule has 164 valence electrons. The van der Waals surface area contributed by atoms with E-state index in [0.29, 0.717) is 19.6 Å². The zero-order chi connectivity index (χ0) is 22.8. The number of phenolic OH excluding ortho intramolecular Hbond substituents is 1. The Morgan fingerprint density at radius 2 is 1.64 bits per heavy atom. The van der Waals surface area contributed by atoms with Crippen LogP contribution in [-0.2, 0) is 4.74 Å². The summed E-state index contributed by atoms with van der Waals surface area (Å²) >= 11 is 0. The van der Waals surface area contributed by atoms with Gasteiger partial charge in [0.1, 0.15) is 23.7 Å². The van der Waals surface area contributed by atoms with Crippen molar-refractivity contribution in [1.82, 2.24) is 0 Å². The lowest BCUT2D eigenvalue weighted by atomic mass is 9.85. The Hall–Kier alpha value is -4.05. The maximum absolute atomic E-state index is 12.6. The quantitative estimate of drug-likeness (QED) is 0.365. The van der Waals surface area contributed by atoms with Gasteiger partial charge in [0.2, 0.25) is 0 Å². The van der Waals surface area contributed by atoms with E-state index in [4.69, 9.17) is 9.47 Å². The van der Waals surface area contributed by atoms with Crippen LogP contribution in [0.15, 0.2) is 84.9 Å². The predicted octanol–water partition coefficient (Wildman–Crippen LogP) is 6.46. The minimum atomic E-state index is -0.529. The van der Waals surface area contributed by atoms with E-state index in [2.05, 4.69) is 24.3 Å². The molecule has 1 heterocycles. The van der Waals surface area contributed by atoms with E-state index in [1.807, 2.05) is 55.5 Å². The summed E-state index contributed by atoms with van der Waals surface area (Å²) in [6.07, 6.45) is 0.713. The second kappa shape index (κ2) is 8.83. The minimum Gasteiger partial charge on any atom is -0.507 e. The first-order valence-electron chi connectivity index (χ1n) is 11.1. The Labute approximate surface area is 192 Å². The van der Waals surface area contributed by atoms with Gasteiger partial charge in [0, 0.05) is 16.7 Å². The van der Waals surface area contributed by atoms with Gasteiger partial charge in [0.05, 0.1) is 6.61 Å². The van der Waals surface area contributed by atoms with Crippen LogP contribution < -0.4 is 4.74 Å². The summed E-state index contributed by atoms with van der Waals surface area (Å²) in [7, 11) is 0. The molecule has 0 aliphatic carbocycles. The molecule has 5 rings (SSSR count). The molecular weight excluding hydrogens is 412 g/mol. The van der Waals surface area contributed by atoms with Crippen LogP contribution in [0.1, 0.15) is 40.4 Å². The predicted molar refractivity (Wildman–Crippen MR) is 130 cm³/mol. The highest BCUT2D eigenvalue weighted by molar-refractivity contribution is 6.11. The molecule has 0 amide bonds. The van der Waals surface area contributed by atoms with Gasteiger partial charge < -0.3 is 14.6 Å². The zero-order valence-corrected chi connectivity index (χ0v) is 18.4. The molecule has 1 N–H and O–H groups in total. The molecule has 0 radical (unpaired) electrons. The molecule has 0 saturated heterocycles. The van der Waals surface area contributed by atoms with Crippen LogP contribution in [0, 0.1) is 0 Å². The number of hydrogen-bond acceptors (Lipinski definition) is 4. The third kappa shape index (κ3) is 3.85. The fourth-order valence-electron chi connectivity index (χ4n) is 4.32. The number of rotatable bonds is 5. The Bertz CT molecular complexity index is 1360. The number of fused-ring (bicyclic) bond motifs is 3. The number of carbonyl (C=O) groups is 1. The lowest BCUT2D eigenvalue weighted by Gasteiger charge is -2.26. The van der Waals surface area contributed by atoms with Crippen molar-refractivity contribution in [1.29, 1.82) is 0 Å². The molecule has 1 aliphatic heterocycles. The Balaban J connectivity index is 1.81. The Morgan fingerprint density at radius 1 is 0.939 bits per heavy atom. The van der Waals surface area contributed by atoms with Gasteiger partial charge in [-0.05, 0) is 46.5 Å². The molecule has 0 fully saturated rings. The van der Waals surface area contributed by atoms with Crippen LogP contribution in [0.5, 0.6) is 11.5 Å². The molecule has 0 bridgehead atoms. The van der Waals surface area contributed by atoms with E-state index in [9.17, 15) is 9.90 Å². The van der Waals surface area contributed by atoms with Gasteiger partial charge in [-0.3, -0.25) is 0 Å². The van der Waals surface area contributed by atoms with E-state index < -0.39 is 5.97 Å². The number of phenols is 1. The molecule has 33 heavy (non-hydrogen) atoms. The van der Waals surface area contributed by atoms with E-state index >= 15 is 0 Å². The Morgan fingerprint density at radius 3 is 2.33 bits per heavy atom. The third-order valence-electron chi connectivity index (χ3n) is 5.86. The molecule has 0 saturated carbocycles. The molecule has 4 aromatic carbocycles. The maximum Gasteiger partial charge on any atom is 0.341 e. The molecule has 0 atom stereocenters. The smallest absolute Gasteiger partial charge is 0.341 e. The highest BCUT2D eigenvalue weighted by Gasteiger charge is 2.26. The highest BCUT2D eigenvalue weighted by Crippen LogP contribution is 2.45. The summed E-state index contributed by atoms with van der Waals surface area (Å²) in [5.41, 5.74) is 5.35. The van der Waals surface area contributed by atoms with Gasteiger partial charge in [-0.15, -0.1) is 0 Å². The molecule has 4 aromatic rings. The number of aromatic hydroxyl groups is 1. The number of benzene rings is 4. The lowest BCUT2D eigenvalue weighted by Crippen LogP contribution is -2.12. The summed E-state index contributed by atoms with van der Waals surface area (Å²) in [5.74, 6) is 0.132. The molecule has 1 aliphatic rings. The number of ether oxygens (including phenoxy) is 2. The number of carbonyl (C=O) groups excluding carboxylic acids is 1. The van der Waals surface area contributed by atoms with Crippen molar-refractivity contribution in [2.24, 2.45) is 0 Å². The SMILES string of the molecule is CCCOC(=O)c1cc2c3c(ccc2cc1O)OCC(c1ccccc1)=C3c1ccccc1. The second-order valence-electron chi connectivity index (χ2n) is 8.04. The first kappa shape index (κ1) is 20.8. The lowest BCUT2D eigenvalue weighted by molar-refractivity contribution is 0.0502. The van der Waals surface area contributed by atoms with Gasteiger partial charge in [-0.2, -0.15) is 0 Å². The summed E-state index contributed by atoms with van der Waals surface area (Å²) in [4.78, 5) is 12.6. The summed E-state index contributed by atoms with van der Waals surface area (Å²) in [5, 5.41) is 12.2. The van der Waals surface area contributed by atoms with Crippen molar-refractivity contribution in [3.8, 4) is 11.5 Å². The van der Waals surface area contributed by atoms with Gasteiger partial charge in [-0.25, -0.2) is 4.79 Å². The minimum absolute atomic E-state index is 0.0891. The van der Waals surface area contributed by atoms with E-state index in [1.165, 1.54) is 0 Å². The van der Waals surface area contributed by atoms with E-state index in [0.717, 1.165) is 44.4 Å². The van der Waals surface area contributed by atoms with Crippen molar-refractivity contribution in [3.63, 3.8) is 0 Å². The van der Waals surface area contributed by atoms with Crippen LogP contribution >= 0.6 is 0 Å².